The lowest BCUT2D eigenvalue weighted by Gasteiger charge is -2.20. The fourth-order valence-corrected chi connectivity index (χ4v) is 1.72. The van der Waals surface area contributed by atoms with Crippen molar-refractivity contribution >= 4 is 17.9 Å². The van der Waals surface area contributed by atoms with Gasteiger partial charge in [-0.15, -0.1) is 0 Å². The standard InChI is InChI=1S/C11H15F3N2O4/c1-6(5-8(18)19)4-7(17)15-9(20)16-10(2-3-10)11(12,13)14/h6H,2-5H2,1H3,(H,18,19)(H2,15,16,17,20). The summed E-state index contributed by atoms with van der Waals surface area (Å²) in [6, 6.07) is -1.22. The molecule has 20 heavy (non-hydrogen) atoms. The Morgan fingerprint density at radius 3 is 2.20 bits per heavy atom. The molecular weight excluding hydrogens is 281 g/mol. The van der Waals surface area contributed by atoms with Gasteiger partial charge in [0, 0.05) is 12.8 Å². The first-order chi connectivity index (χ1) is 9.06. The van der Waals surface area contributed by atoms with Crippen molar-refractivity contribution in [1.29, 1.82) is 0 Å². The second-order valence-electron chi connectivity index (χ2n) is 4.99. The van der Waals surface area contributed by atoms with Crippen molar-refractivity contribution in [3.63, 3.8) is 0 Å². The molecule has 114 valence electrons. The number of nitrogens with one attached hydrogen (secondary N) is 2. The van der Waals surface area contributed by atoms with Crippen molar-refractivity contribution in [2.45, 2.75) is 44.3 Å². The van der Waals surface area contributed by atoms with Crippen molar-refractivity contribution in [2.24, 2.45) is 5.92 Å². The molecule has 1 aliphatic carbocycles. The molecule has 1 atom stereocenters. The molecule has 3 N–H and O–H groups in total. The van der Waals surface area contributed by atoms with E-state index in [2.05, 4.69) is 0 Å². The number of hydrogen-bond acceptors (Lipinski definition) is 3. The molecular formula is C11H15F3N2O4. The van der Waals surface area contributed by atoms with E-state index in [-0.39, 0.29) is 25.7 Å². The van der Waals surface area contributed by atoms with Gasteiger partial charge in [0.05, 0.1) is 0 Å². The average molecular weight is 296 g/mol. The van der Waals surface area contributed by atoms with Gasteiger partial charge in [-0.25, -0.2) is 4.79 Å². The van der Waals surface area contributed by atoms with Crippen molar-refractivity contribution in [2.75, 3.05) is 0 Å². The third kappa shape index (κ3) is 4.39. The van der Waals surface area contributed by atoms with Gasteiger partial charge in [0.15, 0.2) is 0 Å². The first-order valence-corrected chi connectivity index (χ1v) is 5.96. The number of urea groups is 1. The summed E-state index contributed by atoms with van der Waals surface area (Å²) in [6.45, 7) is 1.49. The molecule has 0 aliphatic heterocycles. The molecule has 1 aliphatic rings. The lowest BCUT2D eigenvalue weighted by atomic mass is 10.0. The molecule has 1 fully saturated rings. The van der Waals surface area contributed by atoms with Gasteiger partial charge < -0.3 is 10.4 Å². The molecule has 0 aromatic carbocycles. The van der Waals surface area contributed by atoms with Crippen LogP contribution in [0.3, 0.4) is 0 Å². The van der Waals surface area contributed by atoms with E-state index in [9.17, 15) is 27.6 Å². The summed E-state index contributed by atoms with van der Waals surface area (Å²) in [5, 5.41) is 12.0. The highest BCUT2D eigenvalue weighted by molar-refractivity contribution is 5.95. The van der Waals surface area contributed by atoms with Gasteiger partial charge in [-0.05, 0) is 18.8 Å². The zero-order valence-electron chi connectivity index (χ0n) is 10.7. The summed E-state index contributed by atoms with van der Waals surface area (Å²) < 4.78 is 37.7. The Morgan fingerprint density at radius 2 is 1.80 bits per heavy atom. The number of rotatable bonds is 5. The Labute approximate surface area is 112 Å². The predicted molar refractivity (Wildman–Crippen MR) is 60.7 cm³/mol. The maximum Gasteiger partial charge on any atom is 0.411 e. The van der Waals surface area contributed by atoms with Crippen LogP contribution in [0.4, 0.5) is 18.0 Å². The molecule has 0 aromatic rings. The van der Waals surface area contributed by atoms with Gasteiger partial charge in [-0.2, -0.15) is 13.2 Å². The minimum atomic E-state index is -4.55. The maximum atomic E-state index is 12.6. The van der Waals surface area contributed by atoms with Crippen LogP contribution in [0.1, 0.15) is 32.6 Å². The summed E-state index contributed by atoms with van der Waals surface area (Å²) in [6.07, 6.45) is -5.49. The zero-order valence-corrected chi connectivity index (χ0v) is 10.7. The molecule has 6 nitrogen and oxygen atoms in total. The van der Waals surface area contributed by atoms with E-state index in [1.807, 2.05) is 0 Å². The number of carbonyl (C=O) groups is 3. The number of aliphatic carboxylic acids is 1. The van der Waals surface area contributed by atoms with Gasteiger partial charge in [-0.1, -0.05) is 6.92 Å². The van der Waals surface area contributed by atoms with Crippen LogP contribution in [0, 0.1) is 5.92 Å². The fraction of sp³-hybridized carbons (Fsp3) is 0.727. The molecule has 1 saturated carbocycles. The lowest BCUT2D eigenvalue weighted by molar-refractivity contribution is -0.163. The number of carboxylic acids is 1. The Hall–Kier alpha value is -1.80. The normalized spacial score (nSPS) is 18.0. The van der Waals surface area contributed by atoms with Crippen LogP contribution in [0.25, 0.3) is 0 Å². The van der Waals surface area contributed by atoms with Gasteiger partial charge in [-0.3, -0.25) is 14.9 Å². The fourth-order valence-electron chi connectivity index (χ4n) is 1.72. The third-order valence-electron chi connectivity index (χ3n) is 2.96. The highest BCUT2D eigenvalue weighted by Crippen LogP contribution is 2.48. The van der Waals surface area contributed by atoms with Gasteiger partial charge in [0.1, 0.15) is 5.54 Å². The van der Waals surface area contributed by atoms with E-state index >= 15 is 0 Å². The number of amides is 3. The van der Waals surface area contributed by atoms with E-state index in [1.165, 1.54) is 6.92 Å². The summed E-state index contributed by atoms with van der Waals surface area (Å²) in [5.41, 5.74) is -2.23. The number of carboxylic acid groups (broad SMARTS) is 1. The van der Waals surface area contributed by atoms with Gasteiger partial charge in [0.2, 0.25) is 5.91 Å². The van der Waals surface area contributed by atoms with Crippen LogP contribution >= 0.6 is 0 Å². The molecule has 0 heterocycles. The molecule has 0 aromatic heterocycles. The largest absolute Gasteiger partial charge is 0.481 e. The average Bonchev–Trinajstić information content (AvgIpc) is 2.94. The maximum absolute atomic E-state index is 12.6. The molecule has 9 heteroatoms. The summed E-state index contributed by atoms with van der Waals surface area (Å²) >= 11 is 0. The highest BCUT2D eigenvalue weighted by atomic mass is 19.4. The smallest absolute Gasteiger partial charge is 0.411 e. The Bertz CT molecular complexity index is 418. The Morgan fingerprint density at radius 1 is 1.25 bits per heavy atom. The number of carbonyl (C=O) groups excluding carboxylic acids is 2. The predicted octanol–water partition coefficient (Wildman–Crippen LogP) is 1.41. The Balaban J connectivity index is 2.40. The highest BCUT2D eigenvalue weighted by Gasteiger charge is 2.64. The summed E-state index contributed by atoms with van der Waals surface area (Å²) in [4.78, 5) is 33.0. The molecule has 3 amide bonds. The SMILES string of the molecule is CC(CC(=O)O)CC(=O)NC(=O)NC1(C(F)(F)F)CC1. The van der Waals surface area contributed by atoms with E-state index in [0.717, 1.165) is 0 Å². The first-order valence-electron chi connectivity index (χ1n) is 5.96. The summed E-state index contributed by atoms with van der Waals surface area (Å²) in [5.74, 6) is -2.42. The minimum Gasteiger partial charge on any atom is -0.481 e. The van der Waals surface area contributed by atoms with Crippen LogP contribution in [0.15, 0.2) is 0 Å². The van der Waals surface area contributed by atoms with Gasteiger partial charge >= 0.3 is 18.2 Å². The second-order valence-corrected chi connectivity index (χ2v) is 4.99. The number of alkyl halides is 3. The third-order valence-corrected chi connectivity index (χ3v) is 2.96. The summed E-state index contributed by atoms with van der Waals surface area (Å²) in [7, 11) is 0. The molecule has 1 rings (SSSR count). The van der Waals surface area contributed by atoms with Crippen LogP contribution < -0.4 is 10.6 Å². The molecule has 0 radical (unpaired) electrons. The van der Waals surface area contributed by atoms with E-state index in [4.69, 9.17) is 5.11 Å². The number of hydrogen-bond donors (Lipinski definition) is 3. The molecule has 0 saturated heterocycles. The quantitative estimate of drug-likeness (QED) is 0.714. The monoisotopic (exact) mass is 296 g/mol. The van der Waals surface area contributed by atoms with Crippen molar-refractivity contribution in [3.8, 4) is 0 Å². The number of halogens is 3. The molecule has 1 unspecified atom stereocenters. The van der Waals surface area contributed by atoms with Crippen molar-refractivity contribution in [1.82, 2.24) is 10.6 Å². The molecule has 0 bridgehead atoms. The first kappa shape index (κ1) is 16.3. The second kappa shape index (κ2) is 5.68. The van der Waals surface area contributed by atoms with Crippen molar-refractivity contribution in [3.05, 3.63) is 0 Å². The zero-order chi connectivity index (χ0) is 15.6. The van der Waals surface area contributed by atoms with Crippen molar-refractivity contribution < 1.29 is 32.7 Å². The van der Waals surface area contributed by atoms with Crippen LogP contribution in [0.2, 0.25) is 0 Å². The van der Waals surface area contributed by atoms with E-state index < -0.39 is 35.5 Å². The van der Waals surface area contributed by atoms with E-state index in [1.54, 1.807) is 10.6 Å². The van der Waals surface area contributed by atoms with E-state index in [0.29, 0.717) is 0 Å². The van der Waals surface area contributed by atoms with Crippen LogP contribution in [-0.2, 0) is 9.59 Å². The van der Waals surface area contributed by atoms with Crippen LogP contribution in [-0.4, -0.2) is 34.7 Å². The van der Waals surface area contributed by atoms with Gasteiger partial charge in [0.25, 0.3) is 0 Å². The topological polar surface area (TPSA) is 95.5 Å². The Kier molecular flexibility index (Phi) is 4.61. The van der Waals surface area contributed by atoms with Crippen LogP contribution in [0.5, 0.6) is 0 Å². The minimum absolute atomic E-state index is 0.215. The molecule has 0 spiro atoms. The lowest BCUT2D eigenvalue weighted by Crippen LogP contribution is -2.52. The number of imide groups is 1.